The third-order valence-corrected chi connectivity index (χ3v) is 3.07. The van der Waals surface area contributed by atoms with Crippen LogP contribution in [0, 0.1) is 5.92 Å². The molecule has 90 valence electrons. The molecule has 0 unspecified atom stereocenters. The lowest BCUT2D eigenvalue weighted by Gasteiger charge is -2.14. The highest BCUT2D eigenvalue weighted by Crippen LogP contribution is 2.21. The van der Waals surface area contributed by atoms with Crippen LogP contribution in [0.4, 0.5) is 0 Å². The number of ether oxygens (including phenoxy) is 1. The van der Waals surface area contributed by atoms with Crippen LogP contribution in [0.1, 0.15) is 38.5 Å². The zero-order valence-corrected chi connectivity index (χ0v) is 9.71. The van der Waals surface area contributed by atoms with Crippen LogP contribution in [0.2, 0.25) is 0 Å². The molecule has 0 aromatic carbocycles. The second kappa shape index (κ2) is 9.13. The van der Waals surface area contributed by atoms with Gasteiger partial charge in [0.15, 0.2) is 0 Å². The predicted molar refractivity (Wildman–Crippen MR) is 62.0 cm³/mol. The molecule has 15 heavy (non-hydrogen) atoms. The van der Waals surface area contributed by atoms with Gasteiger partial charge in [0.25, 0.3) is 0 Å². The van der Waals surface area contributed by atoms with Crippen LogP contribution in [-0.2, 0) is 4.74 Å². The molecule has 1 fully saturated rings. The molecule has 1 rings (SSSR count). The van der Waals surface area contributed by atoms with E-state index in [9.17, 15) is 0 Å². The maximum atomic E-state index is 8.51. The smallest absolute Gasteiger partial charge is 0.0698 e. The van der Waals surface area contributed by atoms with E-state index >= 15 is 0 Å². The van der Waals surface area contributed by atoms with Crippen LogP contribution in [0.25, 0.3) is 0 Å². The van der Waals surface area contributed by atoms with Gasteiger partial charge in [-0.1, -0.05) is 25.7 Å². The molecule has 0 heterocycles. The van der Waals surface area contributed by atoms with Crippen LogP contribution in [0.5, 0.6) is 0 Å². The van der Waals surface area contributed by atoms with Gasteiger partial charge in [-0.05, 0) is 25.3 Å². The predicted octanol–water partition coefficient (Wildman–Crippen LogP) is 1.56. The summed E-state index contributed by atoms with van der Waals surface area (Å²) in [6, 6.07) is 0. The number of hydrogen-bond donors (Lipinski definition) is 2. The lowest BCUT2D eigenvalue weighted by Crippen LogP contribution is -2.26. The minimum absolute atomic E-state index is 0.128. The molecule has 0 amide bonds. The summed E-state index contributed by atoms with van der Waals surface area (Å²) in [5, 5.41) is 11.9. The summed E-state index contributed by atoms with van der Waals surface area (Å²) in [5.41, 5.74) is 0. The average Bonchev–Trinajstić information content (AvgIpc) is 2.52. The molecule has 1 aliphatic rings. The standard InChI is InChI=1S/C12H25NO2/c14-8-10-15-9-7-13-11-12-5-3-1-2-4-6-12/h12-14H,1-11H2. The van der Waals surface area contributed by atoms with E-state index in [1.54, 1.807) is 0 Å². The number of hydrogen-bond acceptors (Lipinski definition) is 3. The highest BCUT2D eigenvalue weighted by molar-refractivity contribution is 4.66. The maximum absolute atomic E-state index is 8.51. The summed E-state index contributed by atoms with van der Waals surface area (Å²) in [7, 11) is 0. The highest BCUT2D eigenvalue weighted by atomic mass is 16.5. The van der Waals surface area contributed by atoms with Crippen LogP contribution in [-0.4, -0.2) is 38.0 Å². The van der Waals surface area contributed by atoms with E-state index in [0.29, 0.717) is 13.2 Å². The molecule has 0 aliphatic heterocycles. The Hall–Kier alpha value is -0.120. The molecule has 0 saturated heterocycles. The van der Waals surface area contributed by atoms with Gasteiger partial charge in [0.1, 0.15) is 0 Å². The highest BCUT2D eigenvalue weighted by Gasteiger charge is 2.10. The second-order valence-electron chi connectivity index (χ2n) is 4.40. The Kier molecular flexibility index (Phi) is 7.88. The van der Waals surface area contributed by atoms with Gasteiger partial charge < -0.3 is 15.2 Å². The molecule has 0 radical (unpaired) electrons. The van der Waals surface area contributed by atoms with Gasteiger partial charge in [-0.3, -0.25) is 0 Å². The molecule has 0 spiro atoms. The van der Waals surface area contributed by atoms with Gasteiger partial charge in [0.2, 0.25) is 0 Å². The molecule has 2 N–H and O–H groups in total. The van der Waals surface area contributed by atoms with Gasteiger partial charge in [-0.25, -0.2) is 0 Å². The summed E-state index contributed by atoms with van der Waals surface area (Å²) in [6.45, 7) is 3.36. The number of aliphatic hydroxyl groups excluding tert-OH is 1. The van der Waals surface area contributed by atoms with Crippen molar-refractivity contribution in [1.29, 1.82) is 0 Å². The topological polar surface area (TPSA) is 41.5 Å². The van der Waals surface area contributed by atoms with Gasteiger partial charge in [-0.15, -0.1) is 0 Å². The molecule has 3 nitrogen and oxygen atoms in total. The van der Waals surface area contributed by atoms with Gasteiger partial charge in [0, 0.05) is 6.54 Å². The Labute approximate surface area is 93.2 Å². The zero-order chi connectivity index (χ0) is 10.8. The lowest BCUT2D eigenvalue weighted by atomic mass is 10.0. The molecular weight excluding hydrogens is 190 g/mol. The fourth-order valence-corrected chi connectivity index (χ4v) is 2.19. The first kappa shape index (κ1) is 12.9. The largest absolute Gasteiger partial charge is 0.394 e. The van der Waals surface area contributed by atoms with Crippen molar-refractivity contribution in [2.75, 3.05) is 32.9 Å². The molecular formula is C12H25NO2. The van der Waals surface area contributed by atoms with Crippen molar-refractivity contribution in [1.82, 2.24) is 5.32 Å². The molecule has 0 aromatic rings. The Morgan fingerprint density at radius 3 is 2.47 bits per heavy atom. The molecule has 0 aromatic heterocycles. The van der Waals surface area contributed by atoms with Crippen LogP contribution in [0.3, 0.4) is 0 Å². The van der Waals surface area contributed by atoms with Crippen molar-refractivity contribution in [2.24, 2.45) is 5.92 Å². The van der Waals surface area contributed by atoms with Crippen molar-refractivity contribution in [3.05, 3.63) is 0 Å². The second-order valence-corrected chi connectivity index (χ2v) is 4.40. The van der Waals surface area contributed by atoms with Crippen LogP contribution >= 0.6 is 0 Å². The summed E-state index contributed by atoms with van der Waals surface area (Å²) >= 11 is 0. The molecule has 1 aliphatic carbocycles. The first-order valence-electron chi connectivity index (χ1n) is 6.33. The third kappa shape index (κ3) is 6.88. The van der Waals surface area contributed by atoms with Crippen LogP contribution in [0.15, 0.2) is 0 Å². The summed E-state index contributed by atoms with van der Waals surface area (Å²) in [4.78, 5) is 0. The van der Waals surface area contributed by atoms with Crippen molar-refractivity contribution in [3.63, 3.8) is 0 Å². The molecule has 0 bridgehead atoms. The fourth-order valence-electron chi connectivity index (χ4n) is 2.19. The van der Waals surface area contributed by atoms with Crippen molar-refractivity contribution >= 4 is 0 Å². The quantitative estimate of drug-likeness (QED) is 0.500. The van der Waals surface area contributed by atoms with Crippen molar-refractivity contribution < 1.29 is 9.84 Å². The molecule has 0 atom stereocenters. The van der Waals surface area contributed by atoms with E-state index in [4.69, 9.17) is 9.84 Å². The maximum Gasteiger partial charge on any atom is 0.0698 e. The number of nitrogens with one attached hydrogen (secondary N) is 1. The van der Waals surface area contributed by atoms with Gasteiger partial charge >= 0.3 is 0 Å². The van der Waals surface area contributed by atoms with Gasteiger partial charge in [0.05, 0.1) is 19.8 Å². The minimum Gasteiger partial charge on any atom is -0.394 e. The summed E-state index contributed by atoms with van der Waals surface area (Å²) in [6.07, 6.45) is 8.46. The first-order valence-corrected chi connectivity index (χ1v) is 6.33. The van der Waals surface area contributed by atoms with E-state index in [2.05, 4.69) is 5.32 Å². The Balaban J connectivity index is 1.89. The first-order chi connectivity index (χ1) is 7.43. The SMILES string of the molecule is OCCOCCNCC1CCCCCC1. The third-order valence-electron chi connectivity index (χ3n) is 3.07. The number of rotatable bonds is 7. The fraction of sp³-hybridized carbons (Fsp3) is 1.00. The van der Waals surface area contributed by atoms with Crippen LogP contribution < -0.4 is 5.32 Å². The summed E-state index contributed by atoms with van der Waals surface area (Å²) in [5.74, 6) is 0.880. The van der Waals surface area contributed by atoms with Crippen molar-refractivity contribution in [2.45, 2.75) is 38.5 Å². The molecule has 3 heteroatoms. The van der Waals surface area contributed by atoms with E-state index < -0.39 is 0 Å². The Morgan fingerprint density at radius 1 is 1.07 bits per heavy atom. The van der Waals surface area contributed by atoms with Gasteiger partial charge in [-0.2, -0.15) is 0 Å². The minimum atomic E-state index is 0.128. The van der Waals surface area contributed by atoms with E-state index in [1.165, 1.54) is 38.5 Å². The monoisotopic (exact) mass is 215 g/mol. The Morgan fingerprint density at radius 2 is 1.80 bits per heavy atom. The number of aliphatic hydroxyl groups is 1. The van der Waals surface area contributed by atoms with E-state index in [0.717, 1.165) is 19.0 Å². The molecule has 1 saturated carbocycles. The Bertz CT molecular complexity index is 134. The van der Waals surface area contributed by atoms with E-state index in [1.807, 2.05) is 0 Å². The average molecular weight is 215 g/mol. The van der Waals surface area contributed by atoms with E-state index in [-0.39, 0.29) is 6.61 Å². The summed E-state index contributed by atoms with van der Waals surface area (Å²) < 4.78 is 5.18. The normalized spacial score (nSPS) is 19.0. The van der Waals surface area contributed by atoms with Crippen molar-refractivity contribution in [3.8, 4) is 0 Å². The zero-order valence-electron chi connectivity index (χ0n) is 9.71. The lowest BCUT2D eigenvalue weighted by molar-refractivity contribution is 0.0934.